The first-order chi connectivity index (χ1) is 8.40. The lowest BCUT2D eigenvalue weighted by molar-refractivity contribution is 0.539. The van der Waals surface area contributed by atoms with Crippen LogP contribution >= 0.6 is 0 Å². The van der Waals surface area contributed by atoms with Gasteiger partial charge in [0.1, 0.15) is 10.7 Å². The summed E-state index contributed by atoms with van der Waals surface area (Å²) in [5.41, 5.74) is 5.80. The lowest BCUT2D eigenvalue weighted by atomic mass is 10.3. The average molecular weight is 274 g/mol. The molecule has 0 unspecified atom stereocenters. The Kier molecular flexibility index (Phi) is 5.15. The minimum Gasteiger partial charge on any atom is -0.383 e. The fourth-order valence-electron chi connectivity index (χ4n) is 1.63. The van der Waals surface area contributed by atoms with Gasteiger partial charge in [-0.05, 0) is 20.3 Å². The first kappa shape index (κ1) is 15.0. The van der Waals surface area contributed by atoms with E-state index in [4.69, 9.17) is 5.73 Å². The summed E-state index contributed by atoms with van der Waals surface area (Å²) in [5, 5.41) is 4.00. The average Bonchev–Trinajstić information content (AvgIpc) is 2.67. The molecule has 0 bridgehead atoms. The second-order valence-corrected chi connectivity index (χ2v) is 6.27. The van der Waals surface area contributed by atoms with E-state index in [1.54, 1.807) is 0 Å². The Morgan fingerprint density at radius 1 is 1.44 bits per heavy atom. The van der Waals surface area contributed by atoms with Gasteiger partial charge in [-0.15, -0.1) is 0 Å². The quantitative estimate of drug-likeness (QED) is 0.737. The molecule has 0 radical (unpaired) electrons. The largest absolute Gasteiger partial charge is 0.383 e. The summed E-state index contributed by atoms with van der Waals surface area (Å²) < 4.78 is 28.1. The van der Waals surface area contributed by atoms with Crippen LogP contribution in [0.5, 0.6) is 0 Å². The summed E-state index contributed by atoms with van der Waals surface area (Å²) in [5.74, 6) is 0.188. The first-order valence-corrected chi connectivity index (χ1v) is 7.71. The fraction of sp³-hybridized carbons (Fsp3) is 0.727. The topological polar surface area (TPSA) is 90.0 Å². The van der Waals surface area contributed by atoms with Crippen molar-refractivity contribution in [1.29, 1.82) is 0 Å². The third kappa shape index (κ3) is 3.46. The molecular weight excluding hydrogens is 252 g/mol. The van der Waals surface area contributed by atoms with E-state index in [2.05, 4.69) is 16.7 Å². The second kappa shape index (κ2) is 6.19. The van der Waals surface area contributed by atoms with E-state index in [1.807, 2.05) is 13.8 Å². The van der Waals surface area contributed by atoms with Gasteiger partial charge < -0.3 is 5.73 Å². The Balaban J connectivity index is 2.79. The smallest absolute Gasteiger partial charge is 0.245 e. The number of nitrogen functional groups attached to an aromatic ring is 1. The van der Waals surface area contributed by atoms with E-state index < -0.39 is 10.0 Å². The minimum atomic E-state index is -3.54. The molecule has 0 amide bonds. The summed E-state index contributed by atoms with van der Waals surface area (Å²) >= 11 is 0. The zero-order chi connectivity index (χ0) is 13.8. The van der Waals surface area contributed by atoms with Crippen LogP contribution in [-0.4, -0.2) is 24.7 Å². The zero-order valence-electron chi connectivity index (χ0n) is 11.2. The molecule has 0 atom stereocenters. The molecule has 104 valence electrons. The van der Waals surface area contributed by atoms with E-state index in [9.17, 15) is 8.42 Å². The molecule has 1 aromatic heterocycles. The maximum absolute atomic E-state index is 12.0. The van der Waals surface area contributed by atoms with E-state index in [0.717, 1.165) is 19.3 Å². The molecule has 0 fully saturated rings. The Morgan fingerprint density at radius 2 is 2.11 bits per heavy atom. The van der Waals surface area contributed by atoms with Gasteiger partial charge in [0.05, 0.1) is 6.20 Å². The van der Waals surface area contributed by atoms with Gasteiger partial charge in [-0.2, -0.15) is 5.10 Å². The van der Waals surface area contributed by atoms with Crippen LogP contribution in [0.25, 0.3) is 0 Å². The molecule has 0 spiro atoms. The number of aromatic nitrogens is 2. The maximum Gasteiger partial charge on any atom is 0.245 e. The molecule has 0 aliphatic rings. The zero-order valence-corrected chi connectivity index (χ0v) is 12.0. The number of anilines is 1. The Hall–Kier alpha value is -1.08. The number of nitrogens with two attached hydrogens (primary N) is 1. The molecule has 7 heteroatoms. The molecule has 6 nitrogen and oxygen atoms in total. The molecule has 3 N–H and O–H groups in total. The van der Waals surface area contributed by atoms with Gasteiger partial charge in [-0.1, -0.05) is 19.8 Å². The van der Waals surface area contributed by atoms with Crippen LogP contribution in [-0.2, 0) is 10.0 Å². The highest BCUT2D eigenvalue weighted by Crippen LogP contribution is 2.20. The van der Waals surface area contributed by atoms with Crippen molar-refractivity contribution in [1.82, 2.24) is 14.5 Å². The molecule has 1 heterocycles. The Labute approximate surface area is 109 Å². The highest BCUT2D eigenvalue weighted by molar-refractivity contribution is 7.89. The Morgan fingerprint density at radius 3 is 2.61 bits per heavy atom. The Bertz CT molecular complexity index is 479. The summed E-state index contributed by atoms with van der Waals surface area (Å²) in [6.07, 6.45) is 4.18. The SMILES string of the molecule is CCCCCNS(=O)(=O)c1cnn(C(C)C)c1N. The van der Waals surface area contributed by atoms with Gasteiger partial charge in [0.2, 0.25) is 10.0 Å². The van der Waals surface area contributed by atoms with Gasteiger partial charge in [0, 0.05) is 12.6 Å². The van der Waals surface area contributed by atoms with Crippen LogP contribution in [0.4, 0.5) is 5.82 Å². The summed E-state index contributed by atoms with van der Waals surface area (Å²) in [6.45, 7) is 6.30. The van der Waals surface area contributed by atoms with E-state index >= 15 is 0 Å². The predicted molar refractivity (Wildman–Crippen MR) is 71.7 cm³/mol. The third-order valence-corrected chi connectivity index (χ3v) is 4.13. The lowest BCUT2D eigenvalue weighted by Crippen LogP contribution is -2.25. The highest BCUT2D eigenvalue weighted by atomic mass is 32.2. The molecule has 1 rings (SSSR count). The number of hydrogen-bond donors (Lipinski definition) is 2. The van der Waals surface area contributed by atoms with Gasteiger partial charge in [0.25, 0.3) is 0 Å². The number of unbranched alkanes of at least 4 members (excludes halogenated alkanes) is 2. The number of nitrogens with zero attached hydrogens (tertiary/aromatic N) is 2. The van der Waals surface area contributed by atoms with Crippen LogP contribution in [0.2, 0.25) is 0 Å². The van der Waals surface area contributed by atoms with Gasteiger partial charge in [-0.3, -0.25) is 0 Å². The predicted octanol–water partition coefficient (Wildman–Crippen LogP) is 1.51. The van der Waals surface area contributed by atoms with E-state index in [1.165, 1.54) is 10.9 Å². The van der Waals surface area contributed by atoms with E-state index in [0.29, 0.717) is 6.54 Å². The molecular formula is C11H22N4O2S. The summed E-state index contributed by atoms with van der Waals surface area (Å²) in [4.78, 5) is 0.0627. The van der Waals surface area contributed by atoms with E-state index in [-0.39, 0.29) is 16.8 Å². The maximum atomic E-state index is 12.0. The van der Waals surface area contributed by atoms with Crippen molar-refractivity contribution in [3.8, 4) is 0 Å². The second-order valence-electron chi connectivity index (χ2n) is 4.54. The standard InChI is InChI=1S/C11H22N4O2S/c1-4-5-6-7-14-18(16,17)10-8-13-15(9(2)3)11(10)12/h8-9,14H,4-7,12H2,1-3H3. The van der Waals surface area contributed by atoms with Crippen molar-refractivity contribution in [3.63, 3.8) is 0 Å². The molecule has 0 saturated heterocycles. The first-order valence-electron chi connectivity index (χ1n) is 6.22. The van der Waals surface area contributed by atoms with Crippen LogP contribution in [0.1, 0.15) is 46.1 Å². The molecule has 0 saturated carbocycles. The summed E-state index contributed by atoms with van der Waals surface area (Å²) in [7, 11) is -3.54. The number of nitrogens with one attached hydrogen (secondary N) is 1. The van der Waals surface area contributed by atoms with Crippen molar-refractivity contribution >= 4 is 15.8 Å². The van der Waals surface area contributed by atoms with Crippen molar-refractivity contribution in [2.75, 3.05) is 12.3 Å². The monoisotopic (exact) mass is 274 g/mol. The van der Waals surface area contributed by atoms with Crippen molar-refractivity contribution in [2.45, 2.75) is 51.0 Å². The van der Waals surface area contributed by atoms with Crippen LogP contribution < -0.4 is 10.5 Å². The molecule has 0 aromatic carbocycles. The van der Waals surface area contributed by atoms with Crippen molar-refractivity contribution in [3.05, 3.63) is 6.20 Å². The number of sulfonamides is 1. The van der Waals surface area contributed by atoms with Crippen LogP contribution in [0.3, 0.4) is 0 Å². The fourth-order valence-corrected chi connectivity index (χ4v) is 2.76. The van der Waals surface area contributed by atoms with Gasteiger partial charge in [-0.25, -0.2) is 17.8 Å². The van der Waals surface area contributed by atoms with Crippen molar-refractivity contribution in [2.24, 2.45) is 0 Å². The third-order valence-electron chi connectivity index (χ3n) is 2.65. The molecule has 0 aliphatic heterocycles. The van der Waals surface area contributed by atoms with Crippen molar-refractivity contribution < 1.29 is 8.42 Å². The summed E-state index contributed by atoms with van der Waals surface area (Å²) in [6, 6.07) is 0.0361. The van der Waals surface area contributed by atoms with Crippen LogP contribution in [0.15, 0.2) is 11.1 Å². The molecule has 18 heavy (non-hydrogen) atoms. The van der Waals surface area contributed by atoms with Gasteiger partial charge >= 0.3 is 0 Å². The van der Waals surface area contributed by atoms with Gasteiger partial charge in [0.15, 0.2) is 0 Å². The molecule has 1 aromatic rings. The minimum absolute atomic E-state index is 0.0361. The van der Waals surface area contributed by atoms with Crippen LogP contribution in [0, 0.1) is 0 Å². The number of rotatable bonds is 7. The normalized spacial score (nSPS) is 12.2. The highest BCUT2D eigenvalue weighted by Gasteiger charge is 2.21. The molecule has 0 aliphatic carbocycles. The number of hydrogen-bond acceptors (Lipinski definition) is 4. The lowest BCUT2D eigenvalue weighted by Gasteiger charge is -2.09.